The maximum Gasteiger partial charge on any atom is 0.288 e. The summed E-state index contributed by atoms with van der Waals surface area (Å²) in [5.41, 5.74) is 6.39. The predicted octanol–water partition coefficient (Wildman–Crippen LogP) is 2.62. The Bertz CT molecular complexity index is 517. The molecule has 0 saturated carbocycles. The highest BCUT2D eigenvalue weighted by atomic mass is 32.2. The molecule has 1 aromatic carbocycles. The maximum atomic E-state index is 12.3. The number of halogens is 2. The molecule has 0 aromatic heterocycles. The van der Waals surface area contributed by atoms with Crippen molar-refractivity contribution in [2.24, 2.45) is 5.73 Å². The molecule has 0 amide bonds. The molecule has 0 aliphatic carbocycles. The lowest BCUT2D eigenvalue weighted by molar-refractivity contribution is -0.119. The summed E-state index contributed by atoms with van der Waals surface area (Å²) in [5.74, 6) is -2.68. The standard InChI is InChI=1S/C12H11F2NO2S/c1-6-10(16)9(11(15)17-6)7-3-2-4-8(5-7)18-12(13)14/h2-6,12H,15H2,1H3. The van der Waals surface area contributed by atoms with Gasteiger partial charge in [0.2, 0.25) is 5.78 Å². The molecule has 1 unspecified atom stereocenters. The Morgan fingerprint density at radius 1 is 1.44 bits per heavy atom. The number of carbonyl (C=O) groups is 1. The summed E-state index contributed by atoms with van der Waals surface area (Å²) in [4.78, 5) is 12.2. The molecule has 2 rings (SSSR count). The molecule has 1 aliphatic heterocycles. The van der Waals surface area contributed by atoms with E-state index in [1.54, 1.807) is 25.1 Å². The minimum atomic E-state index is -2.50. The van der Waals surface area contributed by atoms with Crippen molar-refractivity contribution in [3.05, 3.63) is 35.7 Å². The number of Topliss-reactive ketones (excluding diaryl/α,β-unsaturated/α-hetero) is 1. The summed E-state index contributed by atoms with van der Waals surface area (Å²) >= 11 is 0.426. The van der Waals surface area contributed by atoms with Crippen molar-refractivity contribution in [3.8, 4) is 0 Å². The van der Waals surface area contributed by atoms with Crippen LogP contribution in [0.15, 0.2) is 35.0 Å². The smallest absolute Gasteiger partial charge is 0.288 e. The molecule has 0 saturated heterocycles. The topological polar surface area (TPSA) is 52.3 Å². The molecule has 0 fully saturated rings. The highest BCUT2D eigenvalue weighted by Gasteiger charge is 2.31. The molecular weight excluding hydrogens is 260 g/mol. The molecule has 2 N–H and O–H groups in total. The molecule has 3 nitrogen and oxygen atoms in total. The molecule has 0 spiro atoms. The van der Waals surface area contributed by atoms with E-state index < -0.39 is 11.9 Å². The minimum Gasteiger partial charge on any atom is -0.467 e. The van der Waals surface area contributed by atoms with Crippen LogP contribution in [0.5, 0.6) is 0 Å². The molecule has 96 valence electrons. The normalized spacial score (nSPS) is 19.6. The summed E-state index contributed by atoms with van der Waals surface area (Å²) in [6.07, 6.45) is -0.619. The van der Waals surface area contributed by atoms with Gasteiger partial charge in [-0.05, 0) is 24.6 Å². The van der Waals surface area contributed by atoms with Gasteiger partial charge in [-0.15, -0.1) is 0 Å². The molecule has 0 radical (unpaired) electrons. The average Bonchev–Trinajstić information content (AvgIpc) is 2.52. The van der Waals surface area contributed by atoms with E-state index in [4.69, 9.17) is 10.5 Å². The first-order valence-electron chi connectivity index (χ1n) is 5.25. The number of alkyl halides is 2. The van der Waals surface area contributed by atoms with Crippen LogP contribution in [-0.4, -0.2) is 17.6 Å². The molecule has 18 heavy (non-hydrogen) atoms. The first kappa shape index (κ1) is 12.9. The van der Waals surface area contributed by atoms with Gasteiger partial charge >= 0.3 is 0 Å². The Morgan fingerprint density at radius 2 is 2.17 bits per heavy atom. The number of benzene rings is 1. The second-order valence-electron chi connectivity index (χ2n) is 3.77. The quantitative estimate of drug-likeness (QED) is 0.859. The number of thioether (sulfide) groups is 1. The van der Waals surface area contributed by atoms with Crippen LogP contribution >= 0.6 is 11.8 Å². The first-order chi connectivity index (χ1) is 8.49. The first-order valence-corrected chi connectivity index (χ1v) is 6.13. The second kappa shape index (κ2) is 4.97. The van der Waals surface area contributed by atoms with E-state index in [2.05, 4.69) is 0 Å². The van der Waals surface area contributed by atoms with E-state index in [0.717, 1.165) is 0 Å². The van der Waals surface area contributed by atoms with E-state index >= 15 is 0 Å². The summed E-state index contributed by atoms with van der Waals surface area (Å²) in [7, 11) is 0. The fourth-order valence-corrected chi connectivity index (χ4v) is 2.30. The summed E-state index contributed by atoms with van der Waals surface area (Å²) in [6.45, 7) is 1.60. The number of nitrogens with two attached hydrogens (primary N) is 1. The van der Waals surface area contributed by atoms with Crippen LogP contribution in [-0.2, 0) is 9.53 Å². The molecule has 1 aromatic rings. The van der Waals surface area contributed by atoms with Gasteiger partial charge in [0.15, 0.2) is 12.0 Å². The van der Waals surface area contributed by atoms with Gasteiger partial charge < -0.3 is 10.5 Å². The minimum absolute atomic E-state index is 0.0479. The largest absolute Gasteiger partial charge is 0.467 e. The zero-order chi connectivity index (χ0) is 13.3. The second-order valence-corrected chi connectivity index (χ2v) is 4.83. The maximum absolute atomic E-state index is 12.3. The van der Waals surface area contributed by atoms with E-state index in [1.165, 1.54) is 6.07 Å². The third-order valence-electron chi connectivity index (χ3n) is 2.51. The van der Waals surface area contributed by atoms with Crippen molar-refractivity contribution < 1.29 is 18.3 Å². The van der Waals surface area contributed by atoms with E-state index in [9.17, 15) is 13.6 Å². The van der Waals surface area contributed by atoms with Crippen molar-refractivity contribution in [1.82, 2.24) is 0 Å². The fraction of sp³-hybridized carbons (Fsp3) is 0.250. The van der Waals surface area contributed by atoms with Crippen molar-refractivity contribution >= 4 is 23.1 Å². The Morgan fingerprint density at radius 3 is 2.72 bits per heavy atom. The summed E-state index contributed by atoms with van der Waals surface area (Å²) in [6, 6.07) is 6.33. The predicted molar refractivity (Wildman–Crippen MR) is 65.0 cm³/mol. The molecular formula is C12H11F2NO2S. The Hall–Kier alpha value is -1.56. The Balaban J connectivity index is 2.34. The van der Waals surface area contributed by atoms with Crippen LogP contribution in [0, 0.1) is 0 Å². The summed E-state index contributed by atoms with van der Waals surface area (Å²) in [5, 5.41) is 0. The average molecular weight is 271 g/mol. The lowest BCUT2D eigenvalue weighted by Crippen LogP contribution is -2.13. The van der Waals surface area contributed by atoms with Crippen molar-refractivity contribution in [1.29, 1.82) is 0 Å². The van der Waals surface area contributed by atoms with Crippen molar-refractivity contribution in [2.75, 3.05) is 0 Å². The monoisotopic (exact) mass is 271 g/mol. The fourth-order valence-electron chi connectivity index (χ4n) is 1.74. The van der Waals surface area contributed by atoms with Crippen LogP contribution in [0.3, 0.4) is 0 Å². The SMILES string of the molecule is CC1OC(N)=C(c2cccc(SC(F)F)c2)C1=O. The molecule has 0 bridgehead atoms. The van der Waals surface area contributed by atoms with Crippen molar-refractivity contribution in [3.63, 3.8) is 0 Å². The lowest BCUT2D eigenvalue weighted by Gasteiger charge is -2.04. The molecule has 6 heteroatoms. The van der Waals surface area contributed by atoms with Crippen LogP contribution in [0.25, 0.3) is 5.57 Å². The van der Waals surface area contributed by atoms with Gasteiger partial charge in [-0.2, -0.15) is 8.78 Å². The molecule has 1 heterocycles. The van der Waals surface area contributed by atoms with Gasteiger partial charge in [-0.1, -0.05) is 23.9 Å². The van der Waals surface area contributed by atoms with E-state index in [1.807, 2.05) is 0 Å². The Labute approximate surface area is 107 Å². The van der Waals surface area contributed by atoms with Crippen LogP contribution in [0.2, 0.25) is 0 Å². The number of ether oxygens (including phenoxy) is 1. The number of hydrogen-bond acceptors (Lipinski definition) is 4. The van der Waals surface area contributed by atoms with Crippen LogP contribution in [0.1, 0.15) is 12.5 Å². The number of carbonyl (C=O) groups excluding carboxylic acids is 1. The van der Waals surface area contributed by atoms with Crippen molar-refractivity contribution in [2.45, 2.75) is 23.7 Å². The van der Waals surface area contributed by atoms with Gasteiger partial charge in [0.05, 0.1) is 5.57 Å². The Kier molecular flexibility index (Phi) is 3.56. The van der Waals surface area contributed by atoms with Gasteiger partial charge in [-0.3, -0.25) is 4.79 Å². The highest BCUT2D eigenvalue weighted by molar-refractivity contribution is 7.99. The number of rotatable bonds is 3. The van der Waals surface area contributed by atoms with Crippen LogP contribution < -0.4 is 5.73 Å². The zero-order valence-electron chi connectivity index (χ0n) is 9.52. The summed E-state index contributed by atoms with van der Waals surface area (Å²) < 4.78 is 29.7. The zero-order valence-corrected chi connectivity index (χ0v) is 10.3. The van der Waals surface area contributed by atoms with Gasteiger partial charge in [0.1, 0.15) is 0 Å². The third kappa shape index (κ3) is 2.48. The van der Waals surface area contributed by atoms with E-state index in [-0.39, 0.29) is 17.2 Å². The van der Waals surface area contributed by atoms with Crippen LogP contribution in [0.4, 0.5) is 8.78 Å². The number of ketones is 1. The van der Waals surface area contributed by atoms with Gasteiger partial charge in [0.25, 0.3) is 5.76 Å². The van der Waals surface area contributed by atoms with Gasteiger partial charge in [-0.25, -0.2) is 0 Å². The lowest BCUT2D eigenvalue weighted by atomic mass is 10.0. The van der Waals surface area contributed by atoms with E-state index in [0.29, 0.717) is 22.2 Å². The van der Waals surface area contributed by atoms with Gasteiger partial charge in [0, 0.05) is 4.90 Å². The highest BCUT2D eigenvalue weighted by Crippen LogP contribution is 2.31. The molecule has 1 aliphatic rings. The molecule has 1 atom stereocenters. The number of hydrogen-bond donors (Lipinski definition) is 1. The third-order valence-corrected chi connectivity index (χ3v) is 3.22.